The molecule has 0 spiro atoms. The lowest BCUT2D eigenvalue weighted by Crippen LogP contribution is -2.39. The van der Waals surface area contributed by atoms with Crippen LogP contribution in [0.3, 0.4) is 0 Å². The highest BCUT2D eigenvalue weighted by Gasteiger charge is 2.29. The van der Waals surface area contributed by atoms with Gasteiger partial charge in [0.05, 0.1) is 27.4 Å². The molecule has 2 aromatic heterocycles. The monoisotopic (exact) mass is 579 g/mol. The number of nitrogens with zero attached hydrogens (tertiary/aromatic N) is 5. The molecule has 1 saturated heterocycles. The summed E-state index contributed by atoms with van der Waals surface area (Å²) in [6, 6.07) is 14.5. The summed E-state index contributed by atoms with van der Waals surface area (Å²) in [5, 5.41) is 5.19. The summed E-state index contributed by atoms with van der Waals surface area (Å²) >= 11 is 1.49. The highest BCUT2D eigenvalue weighted by Crippen LogP contribution is 2.34. The van der Waals surface area contributed by atoms with Crippen LogP contribution >= 0.6 is 11.3 Å². The molecule has 212 valence electrons. The van der Waals surface area contributed by atoms with Crippen LogP contribution in [0.4, 0.5) is 5.13 Å². The molecule has 10 heteroatoms. The van der Waals surface area contributed by atoms with E-state index in [9.17, 15) is 13.2 Å². The van der Waals surface area contributed by atoms with Gasteiger partial charge in [-0.05, 0) is 80.5 Å². The number of benzene rings is 2. The van der Waals surface area contributed by atoms with Crippen LogP contribution in [0, 0.1) is 19.8 Å². The Hall–Kier alpha value is -3.08. The average Bonchev–Trinajstić information content (AvgIpc) is 3.50. The lowest BCUT2D eigenvalue weighted by molar-refractivity contribution is 0.0985. The van der Waals surface area contributed by atoms with Crippen molar-refractivity contribution in [1.29, 1.82) is 0 Å². The zero-order chi connectivity index (χ0) is 28.6. The number of aryl methyl sites for hydroxylation is 2. The van der Waals surface area contributed by atoms with Crippen molar-refractivity contribution in [3.05, 3.63) is 71.0 Å². The molecule has 8 nitrogen and oxygen atoms in total. The second-order valence-electron chi connectivity index (χ2n) is 11.1. The smallest absolute Gasteiger partial charge is 0.260 e. The van der Waals surface area contributed by atoms with E-state index in [4.69, 9.17) is 4.98 Å². The minimum atomic E-state index is -3.60. The number of anilines is 1. The Bertz CT molecular complexity index is 1620. The zero-order valence-electron chi connectivity index (χ0n) is 23.8. The number of para-hydroxylation sites is 1. The molecule has 1 aliphatic heterocycles. The molecule has 2 aromatic carbocycles. The van der Waals surface area contributed by atoms with Gasteiger partial charge in [-0.1, -0.05) is 44.2 Å². The summed E-state index contributed by atoms with van der Waals surface area (Å²) in [6.45, 7) is 12.3. The van der Waals surface area contributed by atoms with Crippen LogP contribution in [0.15, 0.2) is 53.4 Å². The molecule has 0 N–H and O–H groups in total. The van der Waals surface area contributed by atoms with Gasteiger partial charge in [0, 0.05) is 30.9 Å². The Balaban J connectivity index is 1.46. The fourth-order valence-corrected chi connectivity index (χ4v) is 7.98. The predicted molar refractivity (Wildman–Crippen MR) is 161 cm³/mol. The third kappa shape index (κ3) is 5.70. The molecular formula is C30H37N5O3S2. The van der Waals surface area contributed by atoms with Crippen molar-refractivity contribution < 1.29 is 13.2 Å². The van der Waals surface area contributed by atoms with Gasteiger partial charge in [-0.25, -0.2) is 13.4 Å². The summed E-state index contributed by atoms with van der Waals surface area (Å²) in [7, 11) is -3.60. The number of aromatic nitrogens is 3. The molecule has 1 aliphatic rings. The van der Waals surface area contributed by atoms with Crippen molar-refractivity contribution in [1.82, 2.24) is 19.1 Å². The first kappa shape index (κ1) is 28.4. The number of thiazole rings is 1. The molecule has 0 radical (unpaired) electrons. The standard InChI is InChI=1S/C30H37N5O3S2/c1-20(2)26-9-6-10-27-28(26)31-30(39-27)34(16-17-35-23(5)18-22(4)32-35)29(36)24-11-13-25(14-12-24)40(37,38)33-15-7-8-21(3)19-33/h6,9-14,18,20-21H,7-8,15-17,19H2,1-5H3. The number of carbonyl (C=O) groups excluding carboxylic acids is 1. The normalized spacial score (nSPS) is 16.6. The van der Waals surface area contributed by atoms with E-state index in [0.29, 0.717) is 48.7 Å². The molecule has 1 fully saturated rings. The van der Waals surface area contributed by atoms with Gasteiger partial charge in [-0.3, -0.25) is 14.4 Å². The SMILES string of the molecule is Cc1cc(C)n(CCN(C(=O)c2ccc(S(=O)(=O)N3CCCC(C)C3)cc2)c2nc3c(C(C)C)cccc3s2)n1. The molecular weight excluding hydrogens is 542 g/mol. The first-order valence-corrected chi connectivity index (χ1v) is 16.1. The molecule has 1 atom stereocenters. The Labute approximate surface area is 240 Å². The second-order valence-corrected chi connectivity index (χ2v) is 14.0. The number of rotatable bonds is 8. The maximum absolute atomic E-state index is 14.0. The van der Waals surface area contributed by atoms with E-state index in [0.717, 1.165) is 40.0 Å². The molecule has 40 heavy (non-hydrogen) atoms. The van der Waals surface area contributed by atoms with Crippen LogP contribution in [0.5, 0.6) is 0 Å². The fraction of sp³-hybridized carbons (Fsp3) is 0.433. The van der Waals surface area contributed by atoms with Gasteiger partial charge < -0.3 is 0 Å². The van der Waals surface area contributed by atoms with Gasteiger partial charge in [0.25, 0.3) is 5.91 Å². The van der Waals surface area contributed by atoms with Gasteiger partial charge in [0.1, 0.15) is 0 Å². The van der Waals surface area contributed by atoms with E-state index in [1.165, 1.54) is 11.3 Å². The largest absolute Gasteiger partial charge is 0.282 e. The van der Waals surface area contributed by atoms with E-state index in [1.54, 1.807) is 33.5 Å². The lowest BCUT2D eigenvalue weighted by atomic mass is 10.0. The highest BCUT2D eigenvalue weighted by molar-refractivity contribution is 7.89. The van der Waals surface area contributed by atoms with Crippen molar-refractivity contribution in [2.24, 2.45) is 5.92 Å². The summed E-state index contributed by atoms with van der Waals surface area (Å²) < 4.78 is 31.0. The van der Waals surface area contributed by atoms with Gasteiger partial charge in [0.2, 0.25) is 10.0 Å². The number of piperidine rings is 1. The van der Waals surface area contributed by atoms with Crippen molar-refractivity contribution in [3.63, 3.8) is 0 Å². The second kappa shape index (κ2) is 11.4. The predicted octanol–water partition coefficient (Wildman–Crippen LogP) is 6.00. The molecule has 1 amide bonds. The van der Waals surface area contributed by atoms with Crippen LogP contribution < -0.4 is 4.90 Å². The first-order valence-electron chi connectivity index (χ1n) is 13.9. The number of hydrogen-bond acceptors (Lipinski definition) is 6. The molecule has 4 aromatic rings. The van der Waals surface area contributed by atoms with E-state index >= 15 is 0 Å². The van der Waals surface area contributed by atoms with Crippen molar-refractivity contribution >= 4 is 42.6 Å². The number of carbonyl (C=O) groups is 1. The average molecular weight is 580 g/mol. The lowest BCUT2D eigenvalue weighted by Gasteiger charge is -2.30. The molecule has 3 heterocycles. The molecule has 0 aliphatic carbocycles. The number of amides is 1. The summed E-state index contributed by atoms with van der Waals surface area (Å²) in [4.78, 5) is 20.8. The maximum Gasteiger partial charge on any atom is 0.260 e. The van der Waals surface area contributed by atoms with Gasteiger partial charge >= 0.3 is 0 Å². The van der Waals surface area contributed by atoms with Crippen molar-refractivity contribution in [2.75, 3.05) is 24.5 Å². The van der Waals surface area contributed by atoms with Gasteiger partial charge in [0.15, 0.2) is 5.13 Å². The molecule has 1 unspecified atom stereocenters. The first-order chi connectivity index (χ1) is 19.0. The van der Waals surface area contributed by atoms with Crippen LogP contribution in [0.1, 0.15) is 66.8 Å². The third-order valence-corrected chi connectivity index (χ3v) is 10.5. The Morgan fingerprint density at radius 3 is 2.55 bits per heavy atom. The molecule has 5 rings (SSSR count). The fourth-order valence-electron chi connectivity index (χ4n) is 5.36. The van der Waals surface area contributed by atoms with Crippen molar-refractivity contribution in [3.8, 4) is 0 Å². The third-order valence-electron chi connectivity index (χ3n) is 7.53. The molecule has 0 saturated carbocycles. The van der Waals surface area contributed by atoms with Crippen molar-refractivity contribution in [2.45, 2.75) is 64.8 Å². The van der Waals surface area contributed by atoms with Gasteiger partial charge in [-0.15, -0.1) is 0 Å². The van der Waals surface area contributed by atoms with E-state index in [1.807, 2.05) is 36.7 Å². The Morgan fingerprint density at radius 1 is 1.15 bits per heavy atom. The van der Waals surface area contributed by atoms with Crippen LogP contribution in [0.2, 0.25) is 0 Å². The Morgan fingerprint density at radius 2 is 1.90 bits per heavy atom. The summed E-state index contributed by atoms with van der Waals surface area (Å²) in [5.41, 5.74) is 4.43. The van der Waals surface area contributed by atoms with E-state index in [2.05, 4.69) is 31.9 Å². The van der Waals surface area contributed by atoms with Crippen LogP contribution in [0.25, 0.3) is 10.2 Å². The van der Waals surface area contributed by atoms with Crippen LogP contribution in [-0.4, -0.2) is 53.0 Å². The number of hydrogen-bond donors (Lipinski definition) is 0. The van der Waals surface area contributed by atoms with Gasteiger partial charge in [-0.2, -0.15) is 9.40 Å². The maximum atomic E-state index is 14.0. The summed E-state index contributed by atoms with van der Waals surface area (Å²) in [6.07, 6.45) is 1.90. The number of sulfonamides is 1. The van der Waals surface area contributed by atoms with Crippen LogP contribution in [-0.2, 0) is 16.6 Å². The van der Waals surface area contributed by atoms with E-state index < -0.39 is 10.0 Å². The number of fused-ring (bicyclic) bond motifs is 1. The Kier molecular flexibility index (Phi) is 8.13. The highest BCUT2D eigenvalue weighted by atomic mass is 32.2. The summed E-state index contributed by atoms with van der Waals surface area (Å²) in [5.74, 6) is 0.419. The minimum absolute atomic E-state index is 0.217. The topological polar surface area (TPSA) is 88.4 Å². The zero-order valence-corrected chi connectivity index (χ0v) is 25.4. The molecule has 0 bridgehead atoms. The van der Waals surface area contributed by atoms with E-state index in [-0.39, 0.29) is 10.8 Å². The quantitative estimate of drug-likeness (QED) is 0.255. The minimum Gasteiger partial charge on any atom is -0.282 e.